The molecule has 0 saturated heterocycles. The first kappa shape index (κ1) is 23.7. The highest BCUT2D eigenvalue weighted by Crippen LogP contribution is 2.28. The fourth-order valence-electron chi connectivity index (χ4n) is 4.04. The van der Waals surface area contributed by atoms with Crippen LogP contribution in [-0.2, 0) is 24.9 Å². The van der Waals surface area contributed by atoms with E-state index >= 15 is 0 Å². The van der Waals surface area contributed by atoms with Crippen LogP contribution in [-0.4, -0.2) is 36.2 Å². The molecule has 184 valence electrons. The van der Waals surface area contributed by atoms with Crippen LogP contribution >= 0.6 is 23.2 Å². The zero-order valence-corrected chi connectivity index (χ0v) is 20.5. The van der Waals surface area contributed by atoms with Gasteiger partial charge in [0.25, 0.3) is 5.56 Å². The fraction of sp³-hybridized carbons (Fsp3) is 0.167. The second kappa shape index (κ2) is 9.56. The molecule has 1 atom stereocenters. The summed E-state index contributed by atoms with van der Waals surface area (Å²) < 4.78 is 2.63. The van der Waals surface area contributed by atoms with Gasteiger partial charge in [0.1, 0.15) is 6.54 Å². The molecule has 2 aromatic carbocycles. The van der Waals surface area contributed by atoms with E-state index in [0.717, 1.165) is 16.8 Å². The molecule has 0 aliphatic carbocycles. The number of halogens is 2. The number of nitrogens with zero attached hydrogens (tertiary/aromatic N) is 4. The molecule has 0 fully saturated rings. The number of imidazole rings is 1. The average molecular weight is 526 g/mol. The van der Waals surface area contributed by atoms with Crippen LogP contribution in [0.3, 0.4) is 0 Å². The third-order valence-electron chi connectivity index (χ3n) is 5.85. The molecule has 3 heterocycles. The minimum Gasteiger partial charge on any atom is -0.347 e. The van der Waals surface area contributed by atoms with Gasteiger partial charge in [0, 0.05) is 25.4 Å². The van der Waals surface area contributed by atoms with Gasteiger partial charge < -0.3 is 20.1 Å². The molecule has 0 bridgehead atoms. The van der Waals surface area contributed by atoms with Gasteiger partial charge in [-0.25, -0.2) is 9.78 Å². The molecule has 36 heavy (non-hydrogen) atoms. The highest BCUT2D eigenvalue weighted by Gasteiger charge is 2.27. The topological polar surface area (TPSA) is 117 Å². The van der Waals surface area contributed by atoms with Crippen molar-refractivity contribution in [2.24, 2.45) is 7.05 Å². The van der Waals surface area contributed by atoms with E-state index in [1.807, 2.05) is 47.5 Å². The van der Waals surface area contributed by atoms with E-state index in [2.05, 4.69) is 20.6 Å². The summed E-state index contributed by atoms with van der Waals surface area (Å²) in [6, 6.07) is 15.1. The lowest BCUT2D eigenvalue weighted by molar-refractivity contribution is -0.123. The van der Waals surface area contributed by atoms with E-state index in [1.165, 1.54) is 22.5 Å². The average Bonchev–Trinajstić information content (AvgIpc) is 3.45. The van der Waals surface area contributed by atoms with Crippen molar-refractivity contribution in [2.45, 2.75) is 19.4 Å². The molecule has 5 rings (SSSR count). The van der Waals surface area contributed by atoms with E-state index in [-0.39, 0.29) is 23.6 Å². The number of aryl methyl sites for hydroxylation is 1. The second-order valence-corrected chi connectivity index (χ2v) is 9.12. The summed E-state index contributed by atoms with van der Waals surface area (Å²) in [6.07, 6.45) is 2.70. The Bertz CT molecular complexity index is 1610. The van der Waals surface area contributed by atoms with Crippen LogP contribution < -0.4 is 21.9 Å². The zero-order chi connectivity index (χ0) is 25.4. The third kappa shape index (κ3) is 4.60. The predicted octanol–water partition coefficient (Wildman–Crippen LogP) is 2.23. The number of aromatic nitrogens is 4. The molecule has 1 amide bonds. The fourth-order valence-corrected chi connectivity index (χ4v) is 4.34. The Kier molecular flexibility index (Phi) is 6.29. The summed E-state index contributed by atoms with van der Waals surface area (Å²) in [4.78, 5) is 45.5. The van der Waals surface area contributed by atoms with Crippen molar-refractivity contribution in [1.29, 1.82) is 0 Å². The van der Waals surface area contributed by atoms with Gasteiger partial charge >= 0.3 is 5.69 Å². The van der Waals surface area contributed by atoms with Crippen LogP contribution in [0.5, 0.6) is 0 Å². The second-order valence-electron chi connectivity index (χ2n) is 8.31. The van der Waals surface area contributed by atoms with Gasteiger partial charge in [0.2, 0.25) is 5.91 Å². The van der Waals surface area contributed by atoms with E-state index in [1.54, 1.807) is 12.1 Å². The highest BCUT2D eigenvalue weighted by molar-refractivity contribution is 6.42. The van der Waals surface area contributed by atoms with Gasteiger partial charge in [-0.2, -0.15) is 0 Å². The van der Waals surface area contributed by atoms with Gasteiger partial charge in [-0.05, 0) is 17.7 Å². The van der Waals surface area contributed by atoms with Gasteiger partial charge in [-0.3, -0.25) is 19.1 Å². The first-order chi connectivity index (χ1) is 17.3. The van der Waals surface area contributed by atoms with Crippen molar-refractivity contribution in [3.63, 3.8) is 0 Å². The maximum absolute atomic E-state index is 13.0. The number of amides is 1. The number of carbonyl (C=O) groups excluding carboxylic acids is 1. The number of hydrogen-bond donors (Lipinski definition) is 3. The smallest absolute Gasteiger partial charge is 0.329 e. The Morgan fingerprint density at radius 1 is 1.11 bits per heavy atom. The predicted molar refractivity (Wildman–Crippen MR) is 137 cm³/mol. The van der Waals surface area contributed by atoms with Gasteiger partial charge in [-0.1, -0.05) is 59.6 Å². The lowest BCUT2D eigenvalue weighted by Gasteiger charge is -2.26. The van der Waals surface area contributed by atoms with Crippen molar-refractivity contribution < 1.29 is 4.79 Å². The summed E-state index contributed by atoms with van der Waals surface area (Å²) in [5.41, 5.74) is 1.79. The Balaban J connectivity index is 1.39. The zero-order valence-electron chi connectivity index (χ0n) is 19.0. The summed E-state index contributed by atoms with van der Waals surface area (Å²) >= 11 is 12.3. The quantitative estimate of drug-likeness (QED) is 0.355. The van der Waals surface area contributed by atoms with Crippen molar-refractivity contribution in [2.75, 3.05) is 0 Å². The van der Waals surface area contributed by atoms with Crippen molar-refractivity contribution in [1.82, 2.24) is 34.6 Å². The normalized spacial score (nSPS) is 15.1. The molecule has 1 aliphatic rings. The van der Waals surface area contributed by atoms with E-state index < -0.39 is 17.5 Å². The number of benzene rings is 2. The molecule has 1 unspecified atom stereocenters. The molecule has 0 saturated carbocycles. The highest BCUT2D eigenvalue weighted by atomic mass is 35.5. The first-order valence-corrected chi connectivity index (χ1v) is 11.7. The number of rotatable bonds is 6. The summed E-state index contributed by atoms with van der Waals surface area (Å²) in [7, 11) is 1.50. The molecular formula is C24H21Cl2N7O3. The van der Waals surface area contributed by atoms with Gasteiger partial charge in [-0.15, -0.1) is 0 Å². The summed E-state index contributed by atoms with van der Waals surface area (Å²) in [5, 5.41) is 7.14. The minimum atomic E-state index is -0.605. The van der Waals surface area contributed by atoms with Crippen molar-refractivity contribution in [3.8, 4) is 0 Å². The molecule has 3 N–H and O–H groups in total. The summed E-state index contributed by atoms with van der Waals surface area (Å²) in [6.45, 7) is 0.358. The standard InChI is InChI=1S/C24H21Cl2N7O3/c1-31-21-20(22(35)30-24(31)36)33(13-27-21)12-19(34)29-23-28-18(15-7-8-16(25)17(26)9-15)11-32(23)10-14-5-3-2-4-6-14/h2-9,11,13,23,28H,10,12H2,1H3,(H,29,34)(H,30,35,36). The first-order valence-electron chi connectivity index (χ1n) is 11.0. The van der Waals surface area contributed by atoms with E-state index in [4.69, 9.17) is 23.2 Å². The maximum atomic E-state index is 13.0. The minimum absolute atomic E-state index is 0.141. The number of hydrogen-bond acceptors (Lipinski definition) is 6. The number of fused-ring (bicyclic) bond motifs is 1. The van der Waals surface area contributed by atoms with Crippen molar-refractivity contribution >= 4 is 46.0 Å². The number of nitrogens with one attached hydrogen (secondary N) is 3. The van der Waals surface area contributed by atoms with Crippen LogP contribution in [0.25, 0.3) is 16.9 Å². The Hall–Kier alpha value is -4.02. The SMILES string of the molecule is Cn1c(=O)[nH]c(=O)c2c1ncn2CC(=O)NC1NC(c2ccc(Cl)c(Cl)c2)=CN1Cc1ccccc1. The Labute approximate surface area is 214 Å². The molecule has 1 aliphatic heterocycles. The van der Waals surface area contributed by atoms with Crippen molar-refractivity contribution in [3.05, 3.63) is 103 Å². The molecule has 10 nitrogen and oxygen atoms in total. The number of carbonyl (C=O) groups is 1. The molecule has 2 aromatic heterocycles. The number of aromatic amines is 1. The van der Waals surface area contributed by atoms with Crippen LogP contribution in [0.1, 0.15) is 11.1 Å². The molecule has 0 radical (unpaired) electrons. The molecular weight excluding hydrogens is 505 g/mol. The van der Waals surface area contributed by atoms with Crippen LogP contribution in [0.4, 0.5) is 0 Å². The van der Waals surface area contributed by atoms with Gasteiger partial charge in [0.05, 0.1) is 22.1 Å². The van der Waals surface area contributed by atoms with Crippen LogP contribution in [0, 0.1) is 0 Å². The Morgan fingerprint density at radius 3 is 2.64 bits per heavy atom. The molecule has 0 spiro atoms. The van der Waals surface area contributed by atoms with Crippen LogP contribution in [0.2, 0.25) is 10.0 Å². The van der Waals surface area contributed by atoms with E-state index in [0.29, 0.717) is 16.6 Å². The monoisotopic (exact) mass is 525 g/mol. The lowest BCUT2D eigenvalue weighted by Crippen LogP contribution is -2.51. The largest absolute Gasteiger partial charge is 0.347 e. The lowest BCUT2D eigenvalue weighted by atomic mass is 10.2. The summed E-state index contributed by atoms with van der Waals surface area (Å²) in [5.74, 6) is -0.359. The molecule has 12 heteroatoms. The molecule has 4 aromatic rings. The number of H-pyrrole nitrogens is 1. The van der Waals surface area contributed by atoms with Gasteiger partial charge in [0.15, 0.2) is 17.5 Å². The van der Waals surface area contributed by atoms with E-state index in [9.17, 15) is 14.4 Å². The maximum Gasteiger partial charge on any atom is 0.329 e. The third-order valence-corrected chi connectivity index (χ3v) is 6.58. The van der Waals surface area contributed by atoms with Crippen LogP contribution in [0.15, 0.2) is 70.6 Å². The Morgan fingerprint density at radius 2 is 1.89 bits per heavy atom.